The Labute approximate surface area is 97.2 Å². The molecule has 0 spiro atoms. The predicted octanol–water partition coefficient (Wildman–Crippen LogP) is -0.612. The summed E-state index contributed by atoms with van der Waals surface area (Å²) in [5.74, 6) is -1.54. The Morgan fingerprint density at radius 1 is 1.38 bits per heavy atom. The van der Waals surface area contributed by atoms with Crippen molar-refractivity contribution in [3.8, 4) is 0 Å². The van der Waals surface area contributed by atoms with Gasteiger partial charge in [0.2, 0.25) is 5.12 Å². The van der Waals surface area contributed by atoms with Crippen molar-refractivity contribution < 1.29 is 24.6 Å². The standard InChI is InChI=1S/C9H15NO5S/c1-16-9(15)7(12)4-5(11)2-3-6(10)8(13)14/h6-7,12H,2-4,10H2,1H3,(H,13,14)/t6-,7-/m0/s1. The first kappa shape index (κ1) is 15.1. The largest absolute Gasteiger partial charge is 0.480 e. The van der Waals surface area contributed by atoms with E-state index in [9.17, 15) is 19.5 Å². The molecule has 92 valence electrons. The van der Waals surface area contributed by atoms with E-state index in [4.69, 9.17) is 10.8 Å². The molecule has 0 bridgehead atoms. The molecule has 0 aliphatic rings. The van der Waals surface area contributed by atoms with Gasteiger partial charge in [0.1, 0.15) is 17.9 Å². The van der Waals surface area contributed by atoms with Gasteiger partial charge in [-0.2, -0.15) is 0 Å². The van der Waals surface area contributed by atoms with Crippen LogP contribution in [-0.2, 0) is 14.4 Å². The van der Waals surface area contributed by atoms with Crippen molar-refractivity contribution >= 4 is 28.6 Å². The molecule has 0 unspecified atom stereocenters. The van der Waals surface area contributed by atoms with E-state index in [2.05, 4.69) is 0 Å². The van der Waals surface area contributed by atoms with Crippen LogP contribution in [0.3, 0.4) is 0 Å². The molecule has 0 aliphatic carbocycles. The fraction of sp³-hybridized carbons (Fsp3) is 0.667. The zero-order chi connectivity index (χ0) is 12.7. The van der Waals surface area contributed by atoms with E-state index < -0.39 is 23.2 Å². The number of carbonyl (C=O) groups excluding carboxylic acids is 2. The van der Waals surface area contributed by atoms with Crippen molar-refractivity contribution in [2.45, 2.75) is 31.4 Å². The predicted molar refractivity (Wildman–Crippen MR) is 59.0 cm³/mol. The summed E-state index contributed by atoms with van der Waals surface area (Å²) in [6, 6.07) is -1.09. The van der Waals surface area contributed by atoms with Gasteiger partial charge >= 0.3 is 5.97 Å². The summed E-state index contributed by atoms with van der Waals surface area (Å²) in [6.07, 6.45) is -0.133. The molecule has 0 aliphatic heterocycles. The van der Waals surface area contributed by atoms with Crippen LogP contribution in [0.4, 0.5) is 0 Å². The van der Waals surface area contributed by atoms with Crippen LogP contribution < -0.4 is 5.73 Å². The molecule has 0 aromatic carbocycles. The van der Waals surface area contributed by atoms with Crippen molar-refractivity contribution in [3.63, 3.8) is 0 Å². The summed E-state index contributed by atoms with van der Waals surface area (Å²) < 4.78 is 0. The van der Waals surface area contributed by atoms with Gasteiger partial charge in [0, 0.05) is 12.8 Å². The third-order valence-electron chi connectivity index (χ3n) is 1.95. The summed E-state index contributed by atoms with van der Waals surface area (Å²) >= 11 is 0.844. The van der Waals surface area contributed by atoms with E-state index >= 15 is 0 Å². The number of hydrogen-bond acceptors (Lipinski definition) is 6. The van der Waals surface area contributed by atoms with Gasteiger partial charge in [-0.1, -0.05) is 11.8 Å². The van der Waals surface area contributed by atoms with Gasteiger partial charge in [-0.15, -0.1) is 0 Å². The van der Waals surface area contributed by atoms with Crippen LogP contribution in [0.25, 0.3) is 0 Å². The van der Waals surface area contributed by atoms with E-state index in [1.807, 2.05) is 0 Å². The van der Waals surface area contributed by atoms with Crippen LogP contribution in [0, 0.1) is 0 Å². The molecule has 4 N–H and O–H groups in total. The maximum absolute atomic E-state index is 11.2. The maximum Gasteiger partial charge on any atom is 0.320 e. The molecule has 0 saturated carbocycles. The number of aliphatic hydroxyl groups is 1. The number of carboxylic acid groups (broad SMARTS) is 1. The number of carbonyl (C=O) groups is 3. The van der Waals surface area contributed by atoms with E-state index in [0.717, 1.165) is 11.8 Å². The number of nitrogens with two attached hydrogens (primary N) is 1. The molecule has 0 heterocycles. The minimum Gasteiger partial charge on any atom is -0.480 e. The molecule has 0 amide bonds. The molecule has 0 radical (unpaired) electrons. The van der Waals surface area contributed by atoms with E-state index in [1.54, 1.807) is 0 Å². The van der Waals surface area contributed by atoms with Crippen LogP contribution in [0.5, 0.6) is 0 Å². The van der Waals surface area contributed by atoms with Gasteiger partial charge in [-0.05, 0) is 12.7 Å². The molecule has 0 saturated heterocycles. The highest BCUT2D eigenvalue weighted by Crippen LogP contribution is 2.07. The quantitative estimate of drug-likeness (QED) is 0.550. The number of aliphatic carboxylic acids is 1. The van der Waals surface area contributed by atoms with Crippen molar-refractivity contribution in [1.29, 1.82) is 0 Å². The number of Topliss-reactive ketones (excluding diaryl/α,β-unsaturated/α-hetero) is 1. The monoisotopic (exact) mass is 249 g/mol. The average molecular weight is 249 g/mol. The van der Waals surface area contributed by atoms with Crippen LogP contribution in [0.1, 0.15) is 19.3 Å². The van der Waals surface area contributed by atoms with Crippen LogP contribution >= 0.6 is 11.8 Å². The molecule has 0 aromatic heterocycles. The first-order valence-electron chi connectivity index (χ1n) is 4.64. The van der Waals surface area contributed by atoms with Crippen LogP contribution in [0.15, 0.2) is 0 Å². The summed E-state index contributed by atoms with van der Waals surface area (Å²) in [5, 5.41) is 17.2. The molecule has 0 fully saturated rings. The Morgan fingerprint density at radius 2 is 1.94 bits per heavy atom. The highest BCUT2D eigenvalue weighted by Gasteiger charge is 2.19. The lowest BCUT2D eigenvalue weighted by Crippen LogP contribution is -2.31. The summed E-state index contributed by atoms with van der Waals surface area (Å²) in [4.78, 5) is 32.5. The smallest absolute Gasteiger partial charge is 0.320 e. The zero-order valence-corrected chi connectivity index (χ0v) is 9.70. The van der Waals surface area contributed by atoms with Gasteiger partial charge < -0.3 is 15.9 Å². The number of rotatable bonds is 7. The lowest BCUT2D eigenvalue weighted by Gasteiger charge is -2.08. The Morgan fingerprint density at radius 3 is 2.38 bits per heavy atom. The summed E-state index contributed by atoms with van der Waals surface area (Å²) in [6.45, 7) is 0. The molecular weight excluding hydrogens is 234 g/mol. The van der Waals surface area contributed by atoms with Gasteiger partial charge in [0.25, 0.3) is 0 Å². The topological polar surface area (TPSA) is 118 Å². The molecule has 0 rings (SSSR count). The first-order chi connectivity index (χ1) is 7.38. The Hall–Kier alpha value is -0.920. The summed E-state index contributed by atoms with van der Waals surface area (Å²) in [7, 11) is 0. The minimum absolute atomic E-state index is 0.00828. The second-order valence-corrected chi connectivity index (χ2v) is 4.08. The van der Waals surface area contributed by atoms with Crippen LogP contribution in [0.2, 0.25) is 0 Å². The van der Waals surface area contributed by atoms with Gasteiger partial charge in [0.15, 0.2) is 0 Å². The second-order valence-electron chi connectivity index (χ2n) is 3.27. The van der Waals surface area contributed by atoms with E-state index in [1.165, 1.54) is 6.26 Å². The molecule has 7 heteroatoms. The molecule has 2 atom stereocenters. The Bertz CT molecular complexity index is 281. The zero-order valence-electron chi connectivity index (χ0n) is 8.88. The first-order valence-corrected chi connectivity index (χ1v) is 5.87. The highest BCUT2D eigenvalue weighted by molar-refractivity contribution is 8.13. The Kier molecular flexibility index (Phi) is 6.95. The molecular formula is C9H15NO5S. The maximum atomic E-state index is 11.2. The summed E-state index contributed by atoms with van der Waals surface area (Å²) in [5.41, 5.74) is 5.20. The van der Waals surface area contributed by atoms with Crippen molar-refractivity contribution in [2.24, 2.45) is 5.73 Å². The van der Waals surface area contributed by atoms with Crippen molar-refractivity contribution in [1.82, 2.24) is 0 Å². The van der Waals surface area contributed by atoms with Crippen molar-refractivity contribution in [3.05, 3.63) is 0 Å². The fourth-order valence-corrected chi connectivity index (χ4v) is 1.33. The third kappa shape index (κ3) is 5.84. The SMILES string of the molecule is CSC(=O)[C@@H](O)CC(=O)CC[C@H](N)C(=O)O. The Balaban J connectivity index is 3.91. The van der Waals surface area contributed by atoms with E-state index in [0.29, 0.717) is 0 Å². The number of thioether (sulfide) groups is 1. The fourth-order valence-electron chi connectivity index (χ4n) is 0.977. The minimum atomic E-state index is -1.32. The third-order valence-corrected chi connectivity index (χ3v) is 2.62. The second kappa shape index (κ2) is 7.37. The van der Waals surface area contributed by atoms with Gasteiger partial charge in [-0.25, -0.2) is 0 Å². The average Bonchev–Trinajstić information content (AvgIpc) is 2.24. The number of carboxylic acids is 1. The number of aliphatic hydroxyl groups excluding tert-OH is 1. The van der Waals surface area contributed by atoms with Crippen molar-refractivity contribution in [2.75, 3.05) is 6.26 Å². The van der Waals surface area contributed by atoms with Gasteiger partial charge in [-0.3, -0.25) is 14.4 Å². The lowest BCUT2D eigenvalue weighted by atomic mass is 10.1. The molecule has 0 aromatic rings. The lowest BCUT2D eigenvalue weighted by molar-refractivity contribution is -0.138. The van der Waals surface area contributed by atoms with E-state index in [-0.39, 0.29) is 25.0 Å². The van der Waals surface area contributed by atoms with Gasteiger partial charge in [0.05, 0.1) is 0 Å². The van der Waals surface area contributed by atoms with Crippen LogP contribution in [-0.4, -0.2) is 45.5 Å². The number of hydrogen-bond donors (Lipinski definition) is 3. The molecule has 6 nitrogen and oxygen atoms in total. The molecule has 16 heavy (non-hydrogen) atoms. The highest BCUT2D eigenvalue weighted by atomic mass is 32.2. The number of ketones is 1. The normalized spacial score (nSPS) is 14.2.